The molecule has 0 radical (unpaired) electrons. The van der Waals surface area contributed by atoms with Crippen LogP contribution in [0.15, 0.2) is 30.0 Å². The van der Waals surface area contributed by atoms with Gasteiger partial charge in [0.25, 0.3) is 5.91 Å². The van der Waals surface area contributed by atoms with E-state index in [4.69, 9.17) is 0 Å². The van der Waals surface area contributed by atoms with E-state index in [1.54, 1.807) is 17.7 Å². The Morgan fingerprint density at radius 2 is 2.09 bits per heavy atom. The Hall–Kier alpha value is -1.66. The topological polar surface area (TPSA) is 41.4 Å². The van der Waals surface area contributed by atoms with Crippen molar-refractivity contribution < 1.29 is 4.79 Å². The van der Waals surface area contributed by atoms with Crippen molar-refractivity contribution in [3.8, 4) is 0 Å². The van der Waals surface area contributed by atoms with Gasteiger partial charge in [0, 0.05) is 49.8 Å². The molecule has 2 aromatic heterocycles. The van der Waals surface area contributed by atoms with Crippen LogP contribution in [-0.2, 0) is 6.54 Å². The molecule has 0 aromatic carbocycles. The molecule has 0 unspecified atom stereocenters. The molecule has 1 saturated heterocycles. The molecule has 1 aliphatic heterocycles. The SMILES string of the molecule is CC(C)n1cnc(C(=O)N2CCN(Cc3cccs3)CC2)c1. The van der Waals surface area contributed by atoms with Gasteiger partial charge in [-0.25, -0.2) is 4.98 Å². The quantitative estimate of drug-likeness (QED) is 0.870. The zero-order valence-electron chi connectivity index (χ0n) is 13.1. The lowest BCUT2D eigenvalue weighted by Crippen LogP contribution is -2.48. The van der Waals surface area contributed by atoms with Crippen LogP contribution in [0.2, 0.25) is 0 Å². The molecular formula is C16H22N4OS. The van der Waals surface area contributed by atoms with E-state index in [2.05, 4.69) is 41.2 Å². The summed E-state index contributed by atoms with van der Waals surface area (Å²) in [7, 11) is 0. The zero-order valence-corrected chi connectivity index (χ0v) is 13.9. The predicted octanol–water partition coefficient (Wildman–Crippen LogP) is 2.48. The second kappa shape index (κ2) is 6.62. The lowest BCUT2D eigenvalue weighted by atomic mass is 10.2. The molecule has 0 aliphatic carbocycles. The van der Waals surface area contributed by atoms with Gasteiger partial charge in [0.1, 0.15) is 5.69 Å². The minimum atomic E-state index is 0.0511. The fraction of sp³-hybridized carbons (Fsp3) is 0.500. The van der Waals surface area contributed by atoms with Gasteiger partial charge in [-0.05, 0) is 25.3 Å². The van der Waals surface area contributed by atoms with Crippen LogP contribution in [0, 0.1) is 0 Å². The van der Waals surface area contributed by atoms with Crippen LogP contribution in [0.5, 0.6) is 0 Å². The molecule has 0 N–H and O–H groups in total. The molecule has 1 fully saturated rings. The normalized spacial score (nSPS) is 16.4. The highest BCUT2D eigenvalue weighted by Crippen LogP contribution is 2.15. The summed E-state index contributed by atoms with van der Waals surface area (Å²) in [5, 5.41) is 2.11. The highest BCUT2D eigenvalue weighted by molar-refractivity contribution is 7.09. The molecule has 0 atom stereocenters. The van der Waals surface area contributed by atoms with Crippen LogP contribution in [0.25, 0.3) is 0 Å². The summed E-state index contributed by atoms with van der Waals surface area (Å²) in [5.74, 6) is 0.0511. The second-order valence-corrected chi connectivity index (χ2v) is 6.98. The van der Waals surface area contributed by atoms with E-state index in [0.717, 1.165) is 32.7 Å². The molecule has 0 saturated carbocycles. The lowest BCUT2D eigenvalue weighted by Gasteiger charge is -2.34. The number of imidazole rings is 1. The van der Waals surface area contributed by atoms with Gasteiger partial charge in [0.15, 0.2) is 0 Å². The Balaban J connectivity index is 1.55. The van der Waals surface area contributed by atoms with E-state index < -0.39 is 0 Å². The number of rotatable bonds is 4. The van der Waals surface area contributed by atoms with Crippen molar-refractivity contribution in [1.82, 2.24) is 19.4 Å². The first-order valence-electron chi connectivity index (χ1n) is 7.71. The highest BCUT2D eigenvalue weighted by Gasteiger charge is 2.23. The number of hydrogen-bond donors (Lipinski definition) is 0. The molecule has 2 aromatic rings. The first-order valence-corrected chi connectivity index (χ1v) is 8.59. The molecule has 0 bridgehead atoms. The molecule has 1 aliphatic rings. The van der Waals surface area contributed by atoms with Gasteiger partial charge in [-0.15, -0.1) is 11.3 Å². The zero-order chi connectivity index (χ0) is 15.5. The Bertz CT molecular complexity index is 612. The van der Waals surface area contributed by atoms with E-state index in [1.807, 2.05) is 15.7 Å². The fourth-order valence-electron chi connectivity index (χ4n) is 2.62. The molecule has 6 heteroatoms. The maximum absolute atomic E-state index is 12.5. The third-order valence-corrected chi connectivity index (χ3v) is 4.90. The smallest absolute Gasteiger partial charge is 0.274 e. The highest BCUT2D eigenvalue weighted by atomic mass is 32.1. The van der Waals surface area contributed by atoms with Gasteiger partial charge in [-0.1, -0.05) is 6.07 Å². The van der Waals surface area contributed by atoms with Gasteiger partial charge in [0.05, 0.1) is 6.33 Å². The average Bonchev–Trinajstić information content (AvgIpc) is 3.18. The monoisotopic (exact) mass is 318 g/mol. The second-order valence-electron chi connectivity index (χ2n) is 5.95. The van der Waals surface area contributed by atoms with Crippen molar-refractivity contribution in [1.29, 1.82) is 0 Å². The van der Waals surface area contributed by atoms with E-state index in [0.29, 0.717) is 11.7 Å². The predicted molar refractivity (Wildman–Crippen MR) is 88.1 cm³/mol. The number of nitrogens with zero attached hydrogens (tertiary/aromatic N) is 4. The third kappa shape index (κ3) is 3.39. The van der Waals surface area contributed by atoms with E-state index >= 15 is 0 Å². The summed E-state index contributed by atoms with van der Waals surface area (Å²) in [5.41, 5.74) is 0.556. The summed E-state index contributed by atoms with van der Waals surface area (Å²) < 4.78 is 1.97. The molecule has 1 amide bonds. The van der Waals surface area contributed by atoms with Crippen LogP contribution >= 0.6 is 11.3 Å². The first kappa shape index (κ1) is 15.2. The number of aromatic nitrogens is 2. The number of carbonyl (C=O) groups excluding carboxylic acids is 1. The Morgan fingerprint density at radius 1 is 1.32 bits per heavy atom. The van der Waals surface area contributed by atoms with Gasteiger partial charge in [-0.2, -0.15) is 0 Å². The van der Waals surface area contributed by atoms with Crippen molar-refractivity contribution in [2.24, 2.45) is 0 Å². The number of carbonyl (C=O) groups is 1. The van der Waals surface area contributed by atoms with Gasteiger partial charge in [-0.3, -0.25) is 9.69 Å². The molecular weight excluding hydrogens is 296 g/mol. The third-order valence-electron chi connectivity index (χ3n) is 4.04. The molecule has 3 heterocycles. The molecule has 3 rings (SSSR count). The molecule has 0 spiro atoms. The van der Waals surface area contributed by atoms with Crippen LogP contribution in [0.4, 0.5) is 0 Å². The number of thiophene rings is 1. The van der Waals surface area contributed by atoms with Crippen molar-refractivity contribution >= 4 is 17.2 Å². The Kier molecular flexibility index (Phi) is 4.59. The standard InChI is InChI=1S/C16H22N4OS/c1-13(2)20-11-15(17-12-20)16(21)19-7-5-18(6-8-19)10-14-4-3-9-22-14/h3-4,9,11-13H,5-8,10H2,1-2H3. The number of amides is 1. The Morgan fingerprint density at radius 3 is 2.68 bits per heavy atom. The Labute approximate surface area is 135 Å². The van der Waals surface area contributed by atoms with E-state index in [-0.39, 0.29) is 5.91 Å². The molecule has 5 nitrogen and oxygen atoms in total. The van der Waals surface area contributed by atoms with Crippen molar-refractivity contribution in [2.75, 3.05) is 26.2 Å². The van der Waals surface area contributed by atoms with Crippen molar-refractivity contribution in [2.45, 2.75) is 26.4 Å². The van der Waals surface area contributed by atoms with Crippen LogP contribution in [-0.4, -0.2) is 51.4 Å². The minimum Gasteiger partial charge on any atom is -0.335 e. The molecule has 22 heavy (non-hydrogen) atoms. The fourth-order valence-corrected chi connectivity index (χ4v) is 3.37. The van der Waals surface area contributed by atoms with Gasteiger partial charge >= 0.3 is 0 Å². The van der Waals surface area contributed by atoms with Crippen LogP contribution in [0.1, 0.15) is 35.3 Å². The van der Waals surface area contributed by atoms with Crippen LogP contribution in [0.3, 0.4) is 0 Å². The van der Waals surface area contributed by atoms with Gasteiger partial charge in [0.2, 0.25) is 0 Å². The minimum absolute atomic E-state index is 0.0511. The number of piperazine rings is 1. The summed E-state index contributed by atoms with van der Waals surface area (Å²) >= 11 is 1.79. The maximum atomic E-state index is 12.5. The van der Waals surface area contributed by atoms with E-state index in [9.17, 15) is 4.79 Å². The summed E-state index contributed by atoms with van der Waals surface area (Å²) in [6.45, 7) is 8.56. The van der Waals surface area contributed by atoms with Crippen molar-refractivity contribution in [3.63, 3.8) is 0 Å². The van der Waals surface area contributed by atoms with Gasteiger partial charge < -0.3 is 9.47 Å². The molecule has 118 valence electrons. The van der Waals surface area contributed by atoms with Crippen LogP contribution < -0.4 is 0 Å². The maximum Gasteiger partial charge on any atom is 0.274 e. The summed E-state index contributed by atoms with van der Waals surface area (Å²) in [6, 6.07) is 4.59. The lowest BCUT2D eigenvalue weighted by molar-refractivity contribution is 0.0624. The van der Waals surface area contributed by atoms with E-state index in [1.165, 1.54) is 4.88 Å². The largest absolute Gasteiger partial charge is 0.335 e. The average molecular weight is 318 g/mol. The summed E-state index contributed by atoms with van der Waals surface area (Å²) in [4.78, 5) is 22.4. The van der Waals surface area contributed by atoms with Crippen molar-refractivity contribution in [3.05, 3.63) is 40.6 Å². The number of hydrogen-bond acceptors (Lipinski definition) is 4. The first-order chi connectivity index (χ1) is 10.6. The summed E-state index contributed by atoms with van der Waals surface area (Å²) in [6.07, 6.45) is 3.59.